The van der Waals surface area contributed by atoms with Gasteiger partial charge in [0.25, 0.3) is 0 Å². The molecule has 0 aliphatic carbocycles. The molecule has 1 N–H and O–H groups in total. The summed E-state index contributed by atoms with van der Waals surface area (Å²) in [6.07, 6.45) is 5.16. The summed E-state index contributed by atoms with van der Waals surface area (Å²) in [6, 6.07) is 0.521. The summed E-state index contributed by atoms with van der Waals surface area (Å²) in [5.41, 5.74) is 1.54. The number of rotatable bonds is 6. The van der Waals surface area contributed by atoms with Crippen molar-refractivity contribution < 1.29 is 0 Å². The molecule has 4 nitrogen and oxygen atoms in total. The number of aryl methyl sites for hydroxylation is 2. The fraction of sp³-hybridized carbons (Fsp3) is 0.846. The van der Waals surface area contributed by atoms with Gasteiger partial charge in [-0.15, -0.1) is 5.10 Å². The highest BCUT2D eigenvalue weighted by molar-refractivity contribution is 4.96. The van der Waals surface area contributed by atoms with Crippen molar-refractivity contribution >= 4 is 0 Å². The summed E-state index contributed by atoms with van der Waals surface area (Å²) in [6.45, 7) is 9.95. The Hall–Kier alpha value is -0.900. The molecule has 1 rings (SSSR count). The SMILES string of the molecule is CCCn1nncc1CCC(NC)C(C)(C)C. The van der Waals surface area contributed by atoms with Gasteiger partial charge in [-0.1, -0.05) is 32.9 Å². The van der Waals surface area contributed by atoms with Crippen molar-refractivity contribution in [2.45, 2.75) is 59.5 Å². The lowest BCUT2D eigenvalue weighted by molar-refractivity contribution is 0.266. The first-order valence-corrected chi connectivity index (χ1v) is 6.53. The Bertz CT molecular complexity index is 324. The Kier molecular flexibility index (Phi) is 5.12. The van der Waals surface area contributed by atoms with Gasteiger partial charge in [0.05, 0.1) is 11.9 Å². The molecule has 0 bridgehead atoms. The molecule has 1 unspecified atom stereocenters. The van der Waals surface area contributed by atoms with Crippen LogP contribution in [0.2, 0.25) is 0 Å². The molecule has 0 saturated carbocycles. The highest BCUT2D eigenvalue weighted by Crippen LogP contribution is 2.22. The van der Waals surface area contributed by atoms with Gasteiger partial charge in [-0.25, -0.2) is 4.68 Å². The summed E-state index contributed by atoms with van der Waals surface area (Å²) >= 11 is 0. The zero-order valence-corrected chi connectivity index (χ0v) is 11.8. The van der Waals surface area contributed by atoms with Gasteiger partial charge in [-0.3, -0.25) is 0 Å². The van der Waals surface area contributed by atoms with Gasteiger partial charge in [0, 0.05) is 12.6 Å². The molecule has 98 valence electrons. The topological polar surface area (TPSA) is 42.7 Å². The van der Waals surface area contributed by atoms with E-state index in [0.29, 0.717) is 6.04 Å². The van der Waals surface area contributed by atoms with Crippen LogP contribution in [0.15, 0.2) is 6.20 Å². The minimum atomic E-state index is 0.289. The second kappa shape index (κ2) is 6.15. The van der Waals surface area contributed by atoms with E-state index >= 15 is 0 Å². The molecule has 0 aliphatic rings. The molecule has 1 aromatic heterocycles. The molecule has 0 aromatic carbocycles. The Labute approximate surface area is 105 Å². The van der Waals surface area contributed by atoms with E-state index in [1.165, 1.54) is 5.69 Å². The highest BCUT2D eigenvalue weighted by Gasteiger charge is 2.22. The van der Waals surface area contributed by atoms with Crippen molar-refractivity contribution in [2.24, 2.45) is 5.41 Å². The molecule has 0 saturated heterocycles. The van der Waals surface area contributed by atoms with Crippen LogP contribution in [0.5, 0.6) is 0 Å². The molecule has 0 amide bonds. The first-order valence-electron chi connectivity index (χ1n) is 6.53. The van der Waals surface area contributed by atoms with Gasteiger partial charge in [-0.2, -0.15) is 0 Å². The second-order valence-corrected chi connectivity index (χ2v) is 5.69. The molecular formula is C13H26N4. The highest BCUT2D eigenvalue weighted by atomic mass is 15.4. The summed E-state index contributed by atoms with van der Waals surface area (Å²) in [5.74, 6) is 0. The van der Waals surface area contributed by atoms with Crippen molar-refractivity contribution in [3.8, 4) is 0 Å². The maximum absolute atomic E-state index is 4.12. The zero-order valence-electron chi connectivity index (χ0n) is 11.8. The Morgan fingerprint density at radius 2 is 2.12 bits per heavy atom. The summed E-state index contributed by atoms with van der Waals surface area (Å²) in [5, 5.41) is 11.5. The van der Waals surface area contributed by atoms with Gasteiger partial charge >= 0.3 is 0 Å². The Morgan fingerprint density at radius 1 is 1.41 bits per heavy atom. The van der Waals surface area contributed by atoms with Crippen LogP contribution >= 0.6 is 0 Å². The van der Waals surface area contributed by atoms with E-state index in [4.69, 9.17) is 0 Å². The predicted molar refractivity (Wildman–Crippen MR) is 70.9 cm³/mol. The van der Waals surface area contributed by atoms with Crippen LogP contribution in [-0.4, -0.2) is 28.1 Å². The van der Waals surface area contributed by atoms with E-state index in [0.717, 1.165) is 25.8 Å². The minimum Gasteiger partial charge on any atom is -0.316 e. The summed E-state index contributed by atoms with van der Waals surface area (Å²) in [4.78, 5) is 0. The van der Waals surface area contributed by atoms with Crippen molar-refractivity contribution in [3.05, 3.63) is 11.9 Å². The standard InChI is InChI=1S/C13H26N4/c1-6-9-17-11(10-15-16-17)7-8-12(14-5)13(2,3)4/h10,12,14H,6-9H2,1-5H3. The zero-order chi connectivity index (χ0) is 12.9. The number of hydrogen-bond acceptors (Lipinski definition) is 3. The van der Waals surface area contributed by atoms with Crippen molar-refractivity contribution in [2.75, 3.05) is 7.05 Å². The lowest BCUT2D eigenvalue weighted by atomic mass is 9.84. The monoisotopic (exact) mass is 238 g/mol. The quantitative estimate of drug-likeness (QED) is 0.826. The van der Waals surface area contributed by atoms with Crippen molar-refractivity contribution in [1.29, 1.82) is 0 Å². The molecule has 0 spiro atoms. The molecule has 17 heavy (non-hydrogen) atoms. The van der Waals surface area contributed by atoms with E-state index in [-0.39, 0.29) is 5.41 Å². The van der Waals surface area contributed by atoms with Gasteiger partial charge < -0.3 is 5.32 Å². The first kappa shape index (κ1) is 14.2. The van der Waals surface area contributed by atoms with E-state index in [2.05, 4.69) is 43.3 Å². The van der Waals surface area contributed by atoms with Crippen LogP contribution in [0.25, 0.3) is 0 Å². The first-order chi connectivity index (χ1) is 7.99. The van der Waals surface area contributed by atoms with Gasteiger partial charge in [0.15, 0.2) is 0 Å². The van der Waals surface area contributed by atoms with E-state index in [9.17, 15) is 0 Å². The van der Waals surface area contributed by atoms with Crippen LogP contribution in [-0.2, 0) is 13.0 Å². The normalized spacial score (nSPS) is 13.9. The van der Waals surface area contributed by atoms with Gasteiger partial charge in [-0.05, 0) is 31.7 Å². The summed E-state index contributed by atoms with van der Waals surface area (Å²) in [7, 11) is 2.04. The molecule has 4 heteroatoms. The smallest absolute Gasteiger partial charge is 0.0725 e. The number of aromatic nitrogens is 3. The maximum atomic E-state index is 4.12. The third-order valence-corrected chi connectivity index (χ3v) is 3.22. The Balaban J connectivity index is 2.57. The maximum Gasteiger partial charge on any atom is 0.0725 e. The van der Waals surface area contributed by atoms with Gasteiger partial charge in [0.1, 0.15) is 0 Å². The number of nitrogens with zero attached hydrogens (tertiary/aromatic N) is 3. The van der Waals surface area contributed by atoms with Crippen LogP contribution in [0.3, 0.4) is 0 Å². The van der Waals surface area contributed by atoms with E-state index < -0.39 is 0 Å². The predicted octanol–water partition coefficient (Wildman–Crippen LogP) is 2.25. The molecule has 0 fully saturated rings. The van der Waals surface area contributed by atoms with Crippen molar-refractivity contribution in [3.63, 3.8) is 0 Å². The average Bonchev–Trinajstić information content (AvgIpc) is 2.65. The molecule has 0 radical (unpaired) electrons. The van der Waals surface area contributed by atoms with Crippen LogP contribution in [0, 0.1) is 5.41 Å². The minimum absolute atomic E-state index is 0.289. The Morgan fingerprint density at radius 3 is 2.65 bits per heavy atom. The number of hydrogen-bond donors (Lipinski definition) is 1. The molecule has 0 aliphatic heterocycles. The third kappa shape index (κ3) is 4.11. The van der Waals surface area contributed by atoms with Crippen LogP contribution in [0.1, 0.15) is 46.2 Å². The summed E-state index contributed by atoms with van der Waals surface area (Å²) < 4.78 is 2.02. The second-order valence-electron chi connectivity index (χ2n) is 5.69. The fourth-order valence-electron chi connectivity index (χ4n) is 2.18. The van der Waals surface area contributed by atoms with E-state index in [1.54, 1.807) is 0 Å². The third-order valence-electron chi connectivity index (χ3n) is 3.22. The molecule has 1 atom stereocenters. The lowest BCUT2D eigenvalue weighted by Gasteiger charge is -2.30. The number of nitrogens with one attached hydrogen (secondary N) is 1. The molecular weight excluding hydrogens is 212 g/mol. The largest absolute Gasteiger partial charge is 0.316 e. The fourth-order valence-corrected chi connectivity index (χ4v) is 2.18. The van der Waals surface area contributed by atoms with E-state index in [1.807, 2.05) is 17.9 Å². The van der Waals surface area contributed by atoms with Crippen LogP contribution in [0.4, 0.5) is 0 Å². The van der Waals surface area contributed by atoms with Crippen LogP contribution < -0.4 is 5.32 Å². The van der Waals surface area contributed by atoms with Crippen molar-refractivity contribution in [1.82, 2.24) is 20.3 Å². The molecule has 1 aromatic rings. The lowest BCUT2D eigenvalue weighted by Crippen LogP contribution is -2.38. The molecule has 1 heterocycles. The van der Waals surface area contributed by atoms with Gasteiger partial charge in [0.2, 0.25) is 0 Å². The average molecular weight is 238 g/mol.